The topological polar surface area (TPSA) is 170 Å². The minimum atomic E-state index is -1.57. The molecule has 0 aliphatic rings. The van der Waals surface area contributed by atoms with Gasteiger partial charge in [0.1, 0.15) is 28.4 Å². The molecule has 3 N–H and O–H groups in total. The van der Waals surface area contributed by atoms with Gasteiger partial charge in [-0.15, -0.1) is 0 Å². The van der Waals surface area contributed by atoms with Gasteiger partial charge in [0, 0.05) is 6.20 Å². The number of ether oxygens (including phenoxy) is 3. The molecule has 0 spiro atoms. The van der Waals surface area contributed by atoms with Gasteiger partial charge >= 0.3 is 12.1 Å². The van der Waals surface area contributed by atoms with E-state index in [0.29, 0.717) is 16.9 Å². The smallest absolute Gasteiger partial charge is 0.408 e. The van der Waals surface area contributed by atoms with E-state index in [1.165, 1.54) is 62.3 Å². The Morgan fingerprint density at radius 1 is 1.02 bits per heavy atom. The van der Waals surface area contributed by atoms with E-state index in [9.17, 15) is 28.7 Å². The molecule has 1 atom stereocenters. The van der Waals surface area contributed by atoms with Gasteiger partial charge in [0.15, 0.2) is 11.9 Å². The van der Waals surface area contributed by atoms with Crippen molar-refractivity contribution in [2.45, 2.75) is 58.4 Å². The van der Waals surface area contributed by atoms with Gasteiger partial charge in [0.2, 0.25) is 0 Å². The van der Waals surface area contributed by atoms with Crippen LogP contribution >= 0.6 is 0 Å². The van der Waals surface area contributed by atoms with Crippen molar-refractivity contribution in [3.63, 3.8) is 0 Å². The van der Waals surface area contributed by atoms with Crippen LogP contribution in [0.5, 0.6) is 5.75 Å². The van der Waals surface area contributed by atoms with E-state index in [1.54, 1.807) is 45.0 Å². The number of benzene rings is 2. The molecule has 14 heteroatoms. The number of nitrogens with zero attached hydrogens (tertiary/aromatic N) is 3. The Morgan fingerprint density at radius 2 is 1.67 bits per heavy atom. The maximum Gasteiger partial charge on any atom is 0.408 e. The summed E-state index contributed by atoms with van der Waals surface area (Å²) in [6, 6.07) is 10.8. The Hall–Kier alpha value is -5.11. The molecule has 0 bridgehead atoms. The lowest BCUT2D eigenvalue weighted by Crippen LogP contribution is -2.51. The molecule has 0 saturated heterocycles. The molecule has 45 heavy (non-hydrogen) atoms. The van der Waals surface area contributed by atoms with Crippen LogP contribution in [-0.4, -0.2) is 69.1 Å². The Bertz CT molecular complexity index is 1540. The van der Waals surface area contributed by atoms with Crippen molar-refractivity contribution in [2.75, 3.05) is 19.0 Å². The minimum Gasteiger partial charge on any atom is -0.497 e. The molecule has 1 heterocycles. The second-order valence-electron chi connectivity index (χ2n) is 11.4. The van der Waals surface area contributed by atoms with Crippen molar-refractivity contribution < 1.29 is 42.9 Å². The second-order valence-corrected chi connectivity index (χ2v) is 11.4. The molecule has 0 fully saturated rings. The number of carbonyl (C=O) groups excluding carboxylic acids is 3. The van der Waals surface area contributed by atoms with Crippen molar-refractivity contribution in [2.24, 2.45) is 4.99 Å². The van der Waals surface area contributed by atoms with Gasteiger partial charge in [-0.3, -0.25) is 9.59 Å². The predicted octanol–water partition coefficient (Wildman–Crippen LogP) is 4.13. The normalized spacial score (nSPS) is 12.6. The zero-order valence-electron chi connectivity index (χ0n) is 25.8. The average molecular weight is 626 g/mol. The third-order valence-corrected chi connectivity index (χ3v) is 6.07. The molecule has 240 valence electrons. The van der Waals surface area contributed by atoms with Gasteiger partial charge in [-0.25, -0.2) is 24.0 Å². The zero-order valence-corrected chi connectivity index (χ0v) is 25.8. The molecule has 13 nitrogen and oxygen atoms in total. The van der Waals surface area contributed by atoms with E-state index in [0.717, 1.165) is 0 Å². The number of carboxylic acid groups (broad SMARTS) is 1. The summed E-state index contributed by atoms with van der Waals surface area (Å²) in [6.07, 6.45) is 1.69. The number of aliphatic imine (C=N–C) groups is 1. The average Bonchev–Trinajstić information content (AvgIpc) is 3.39. The Morgan fingerprint density at radius 3 is 2.24 bits per heavy atom. The Kier molecular flexibility index (Phi) is 11.1. The number of imidazole rings is 1. The maximum atomic E-state index is 13.3. The van der Waals surface area contributed by atoms with Gasteiger partial charge in [0.05, 0.1) is 26.7 Å². The SMILES string of the molecule is COc1ccc(C(C(=O)O)n2cnc(NC(=O)C(COCc3ccc(F)cc3)=NC(=O)C(C)(C)NC(=O)OC(C)(C)C)c2)cc1. The Labute approximate surface area is 259 Å². The molecule has 3 aromatic rings. The number of methoxy groups -OCH3 is 1. The highest BCUT2D eigenvalue weighted by Gasteiger charge is 2.33. The summed E-state index contributed by atoms with van der Waals surface area (Å²) in [5, 5.41) is 14.8. The third kappa shape index (κ3) is 10.2. The van der Waals surface area contributed by atoms with Crippen LogP contribution in [0.3, 0.4) is 0 Å². The zero-order chi connectivity index (χ0) is 33.4. The van der Waals surface area contributed by atoms with Crippen LogP contribution in [0.15, 0.2) is 66.0 Å². The highest BCUT2D eigenvalue weighted by Crippen LogP contribution is 2.23. The van der Waals surface area contributed by atoms with Crippen molar-refractivity contribution in [3.05, 3.63) is 78.0 Å². The summed E-state index contributed by atoms with van der Waals surface area (Å²) in [4.78, 5) is 58.9. The first-order valence-corrected chi connectivity index (χ1v) is 13.7. The number of carbonyl (C=O) groups is 4. The van der Waals surface area contributed by atoms with Gasteiger partial charge in [-0.1, -0.05) is 24.3 Å². The van der Waals surface area contributed by atoms with E-state index in [1.807, 2.05) is 0 Å². The second kappa shape index (κ2) is 14.6. The van der Waals surface area contributed by atoms with E-state index in [4.69, 9.17) is 14.2 Å². The van der Waals surface area contributed by atoms with E-state index in [-0.39, 0.29) is 18.1 Å². The van der Waals surface area contributed by atoms with Crippen LogP contribution < -0.4 is 15.4 Å². The lowest BCUT2D eigenvalue weighted by molar-refractivity contribution is -0.139. The summed E-state index contributed by atoms with van der Waals surface area (Å²) < 4.78 is 30.5. The first kappa shape index (κ1) is 34.4. The highest BCUT2D eigenvalue weighted by atomic mass is 19.1. The van der Waals surface area contributed by atoms with Crippen LogP contribution in [0.4, 0.5) is 15.0 Å². The number of halogens is 1. The number of hydrogen-bond acceptors (Lipinski definition) is 8. The summed E-state index contributed by atoms with van der Waals surface area (Å²) in [7, 11) is 1.49. The molecule has 0 aliphatic heterocycles. The van der Waals surface area contributed by atoms with Crippen LogP contribution in [0.2, 0.25) is 0 Å². The number of aromatic nitrogens is 2. The largest absolute Gasteiger partial charge is 0.497 e. The monoisotopic (exact) mass is 625 g/mol. The standard InChI is InChI=1S/C31H36FN5O8/c1-30(2,3)45-29(42)36-31(4,5)28(41)34-23(17-44-16-19-7-11-21(32)12-8-19)26(38)35-24-15-37(18-33-24)25(27(39)40)20-9-13-22(43-6)14-10-20/h7-15,18,25H,16-17H2,1-6H3,(H,35,38)(H,36,42)(H,39,40). The van der Waals surface area contributed by atoms with Crippen LogP contribution in [0.1, 0.15) is 51.8 Å². The van der Waals surface area contributed by atoms with E-state index in [2.05, 4.69) is 20.6 Å². The fourth-order valence-corrected chi connectivity index (χ4v) is 3.83. The number of alkyl carbamates (subject to hydrolysis) is 1. The van der Waals surface area contributed by atoms with Crippen molar-refractivity contribution in [3.8, 4) is 5.75 Å². The van der Waals surface area contributed by atoms with Crippen LogP contribution in [-0.2, 0) is 30.5 Å². The molecule has 3 amide bonds. The van der Waals surface area contributed by atoms with Crippen LogP contribution in [0, 0.1) is 5.82 Å². The fraction of sp³-hybridized carbons (Fsp3) is 0.355. The fourth-order valence-electron chi connectivity index (χ4n) is 3.83. The molecular weight excluding hydrogens is 589 g/mol. The number of aliphatic carboxylic acids is 1. The first-order chi connectivity index (χ1) is 21.1. The molecule has 1 unspecified atom stereocenters. The van der Waals surface area contributed by atoms with Gasteiger partial charge in [-0.2, -0.15) is 0 Å². The van der Waals surface area contributed by atoms with Crippen molar-refractivity contribution in [1.82, 2.24) is 14.9 Å². The number of hydrogen-bond donors (Lipinski definition) is 3. The number of nitrogens with one attached hydrogen (secondary N) is 2. The highest BCUT2D eigenvalue weighted by molar-refractivity contribution is 6.45. The van der Waals surface area contributed by atoms with Gasteiger partial charge < -0.3 is 34.5 Å². The quantitative estimate of drug-likeness (QED) is 0.250. The molecule has 0 aliphatic carbocycles. The maximum absolute atomic E-state index is 13.3. The van der Waals surface area contributed by atoms with Gasteiger partial charge in [-0.05, 0) is 70.0 Å². The molecule has 0 radical (unpaired) electrons. The molecule has 0 saturated carbocycles. The number of carboxylic acids is 1. The molecule has 1 aromatic heterocycles. The lowest BCUT2D eigenvalue weighted by atomic mass is 10.1. The predicted molar refractivity (Wildman–Crippen MR) is 162 cm³/mol. The number of anilines is 1. The molecule has 3 rings (SSSR count). The molecule has 2 aromatic carbocycles. The summed E-state index contributed by atoms with van der Waals surface area (Å²) >= 11 is 0. The summed E-state index contributed by atoms with van der Waals surface area (Å²) in [6.45, 7) is 7.31. The van der Waals surface area contributed by atoms with Crippen molar-refractivity contribution >= 4 is 35.4 Å². The van der Waals surface area contributed by atoms with Gasteiger partial charge in [0.25, 0.3) is 11.8 Å². The summed E-state index contributed by atoms with van der Waals surface area (Å²) in [5.74, 6) is -2.81. The minimum absolute atomic E-state index is 0.0235. The third-order valence-electron chi connectivity index (χ3n) is 6.07. The first-order valence-electron chi connectivity index (χ1n) is 13.7. The lowest BCUT2D eigenvalue weighted by Gasteiger charge is -2.26. The van der Waals surface area contributed by atoms with Crippen LogP contribution in [0.25, 0.3) is 0 Å². The van der Waals surface area contributed by atoms with E-state index >= 15 is 0 Å². The molecular formula is C31H36FN5O8. The Balaban J connectivity index is 1.82. The number of amides is 3. The summed E-state index contributed by atoms with van der Waals surface area (Å²) in [5.41, 5.74) is -1.71. The van der Waals surface area contributed by atoms with E-state index < -0.39 is 53.5 Å². The van der Waals surface area contributed by atoms with Crippen molar-refractivity contribution in [1.29, 1.82) is 0 Å². The number of rotatable bonds is 12.